The zero-order valence-electron chi connectivity index (χ0n) is 7.86. The van der Waals surface area contributed by atoms with Gasteiger partial charge in [-0.25, -0.2) is 4.98 Å². The zero-order valence-corrected chi connectivity index (χ0v) is 9.57. The van der Waals surface area contributed by atoms with Crippen molar-refractivity contribution in [3.63, 3.8) is 0 Å². The van der Waals surface area contributed by atoms with E-state index in [2.05, 4.69) is 17.6 Å². The Morgan fingerprint density at radius 3 is 2.31 bits per heavy atom. The van der Waals surface area contributed by atoms with Crippen LogP contribution in [0.15, 0.2) is 45.1 Å². The van der Waals surface area contributed by atoms with Crippen molar-refractivity contribution >= 4 is 22.7 Å². The largest absolute Gasteiger partial charge is 0.439 e. The minimum atomic E-state index is -4.16. The molecule has 0 unspecified atom stereocenters. The van der Waals surface area contributed by atoms with Crippen LogP contribution in [0.1, 0.15) is 0 Å². The molecule has 0 spiro atoms. The van der Waals surface area contributed by atoms with E-state index in [0.717, 1.165) is 0 Å². The maximum Gasteiger partial charge on any atom is 0.294 e. The van der Waals surface area contributed by atoms with Gasteiger partial charge in [-0.15, -0.1) is 0 Å². The molecule has 1 N–H and O–H groups in total. The molecule has 5 nitrogen and oxygen atoms in total. The van der Waals surface area contributed by atoms with Crippen LogP contribution in [0.5, 0.6) is 0 Å². The second kappa shape index (κ2) is 3.93. The molecule has 84 valence electrons. The molecule has 2 rings (SSSR count). The van der Waals surface area contributed by atoms with E-state index in [1.165, 1.54) is 30.5 Å². The number of benzene rings is 1. The van der Waals surface area contributed by atoms with Crippen molar-refractivity contribution in [3.8, 4) is 11.3 Å². The molecule has 0 aliphatic rings. The minimum absolute atomic E-state index is 0.161. The number of hydrogen-bond acceptors (Lipinski definition) is 5. The molecule has 16 heavy (non-hydrogen) atoms. The lowest BCUT2D eigenvalue weighted by molar-refractivity contribution is 0.456. The number of rotatable bonds is 2. The molecule has 0 saturated heterocycles. The fourth-order valence-corrected chi connectivity index (χ4v) is 1.83. The van der Waals surface area contributed by atoms with Crippen LogP contribution in [0.2, 0.25) is 0 Å². The van der Waals surface area contributed by atoms with E-state index in [-0.39, 0.29) is 10.1 Å². The van der Waals surface area contributed by atoms with Crippen LogP contribution in [-0.4, -0.2) is 18.0 Å². The molecule has 0 fully saturated rings. The molecule has 0 saturated carbocycles. The van der Waals surface area contributed by atoms with Crippen LogP contribution in [0.25, 0.3) is 11.3 Å². The van der Waals surface area contributed by atoms with E-state index in [1.54, 1.807) is 0 Å². The molecular formula is C9H7NO4S2. The first-order valence-corrected chi connectivity index (χ1v) is 6.08. The van der Waals surface area contributed by atoms with Crippen molar-refractivity contribution in [1.82, 2.24) is 4.98 Å². The molecule has 7 heteroatoms. The van der Waals surface area contributed by atoms with Crippen molar-refractivity contribution in [3.05, 3.63) is 30.5 Å². The maximum atomic E-state index is 10.8. The fraction of sp³-hybridized carbons (Fsp3) is 0. The van der Waals surface area contributed by atoms with E-state index in [9.17, 15) is 8.42 Å². The van der Waals surface area contributed by atoms with Crippen molar-refractivity contribution in [2.24, 2.45) is 0 Å². The molecule has 0 aliphatic carbocycles. The average molecular weight is 257 g/mol. The molecule has 0 amide bonds. The summed E-state index contributed by atoms with van der Waals surface area (Å²) in [5, 5.41) is 0.230. The van der Waals surface area contributed by atoms with E-state index >= 15 is 0 Å². The van der Waals surface area contributed by atoms with Gasteiger partial charge in [0.15, 0.2) is 0 Å². The standard InChI is InChI=1S/C9H7NO4S2/c11-16(12,13)7-3-1-6(2-4-7)8-5-14-9(15)10-8/h1-5H,(H,10,15)(H,11,12,13). The van der Waals surface area contributed by atoms with Gasteiger partial charge in [-0.2, -0.15) is 8.42 Å². The quantitative estimate of drug-likeness (QED) is 0.634. The Morgan fingerprint density at radius 1 is 1.25 bits per heavy atom. The van der Waals surface area contributed by atoms with E-state index < -0.39 is 10.1 Å². The highest BCUT2D eigenvalue weighted by molar-refractivity contribution is 7.85. The van der Waals surface area contributed by atoms with E-state index in [4.69, 9.17) is 8.97 Å². The molecule has 0 atom stereocenters. The van der Waals surface area contributed by atoms with E-state index in [0.29, 0.717) is 11.3 Å². The summed E-state index contributed by atoms with van der Waals surface area (Å²) in [6, 6.07) is 5.62. The third kappa shape index (κ3) is 2.26. The second-order valence-electron chi connectivity index (χ2n) is 3.01. The molecular weight excluding hydrogens is 250 g/mol. The Bertz CT molecular complexity index is 601. The predicted molar refractivity (Wildman–Crippen MR) is 59.0 cm³/mol. The predicted octanol–water partition coefficient (Wildman–Crippen LogP) is 1.88. The van der Waals surface area contributed by atoms with Crippen molar-refractivity contribution in [1.29, 1.82) is 0 Å². The molecule has 2 aromatic rings. The Morgan fingerprint density at radius 2 is 1.88 bits per heavy atom. The van der Waals surface area contributed by atoms with Crippen molar-refractivity contribution < 1.29 is 17.4 Å². The fourth-order valence-electron chi connectivity index (χ4n) is 1.19. The normalized spacial score (nSPS) is 11.6. The van der Waals surface area contributed by atoms with Gasteiger partial charge in [0.25, 0.3) is 15.3 Å². The molecule has 1 aromatic heterocycles. The molecule has 1 heterocycles. The summed E-state index contributed by atoms with van der Waals surface area (Å²) in [5.74, 6) is 0. The monoisotopic (exact) mass is 257 g/mol. The lowest BCUT2D eigenvalue weighted by atomic mass is 10.2. The molecule has 0 radical (unpaired) electrons. The number of hydrogen-bond donors (Lipinski definition) is 2. The minimum Gasteiger partial charge on any atom is -0.439 e. The summed E-state index contributed by atoms with van der Waals surface area (Å²) in [6.45, 7) is 0. The first-order chi connectivity index (χ1) is 7.47. The highest BCUT2D eigenvalue weighted by atomic mass is 32.2. The van der Waals surface area contributed by atoms with Gasteiger partial charge in [0.2, 0.25) is 0 Å². The van der Waals surface area contributed by atoms with Crippen LogP contribution in [-0.2, 0) is 10.1 Å². The van der Waals surface area contributed by atoms with Crippen molar-refractivity contribution in [2.75, 3.05) is 0 Å². The Hall–Kier alpha value is -1.31. The van der Waals surface area contributed by atoms with Gasteiger partial charge < -0.3 is 4.42 Å². The topological polar surface area (TPSA) is 80.4 Å². The number of thiol groups is 1. The summed E-state index contributed by atoms with van der Waals surface area (Å²) < 4.78 is 35.3. The van der Waals surface area contributed by atoms with Gasteiger partial charge in [-0.05, 0) is 12.1 Å². The van der Waals surface area contributed by atoms with Gasteiger partial charge in [0.1, 0.15) is 12.0 Å². The third-order valence-electron chi connectivity index (χ3n) is 1.94. The van der Waals surface area contributed by atoms with Gasteiger partial charge in [-0.1, -0.05) is 24.8 Å². The number of aromatic nitrogens is 1. The Balaban J connectivity index is 2.40. The summed E-state index contributed by atoms with van der Waals surface area (Å²) in [6.07, 6.45) is 1.41. The molecule has 0 aliphatic heterocycles. The van der Waals surface area contributed by atoms with Crippen LogP contribution < -0.4 is 0 Å². The summed E-state index contributed by atoms with van der Waals surface area (Å²) in [5.41, 5.74) is 1.23. The SMILES string of the molecule is O=S(=O)(O)c1ccc(-c2coc(S)n2)cc1. The summed E-state index contributed by atoms with van der Waals surface area (Å²) in [4.78, 5) is 3.80. The smallest absolute Gasteiger partial charge is 0.294 e. The first-order valence-electron chi connectivity index (χ1n) is 4.19. The zero-order chi connectivity index (χ0) is 11.8. The van der Waals surface area contributed by atoms with Gasteiger partial charge >= 0.3 is 0 Å². The highest BCUT2D eigenvalue weighted by Crippen LogP contribution is 2.21. The van der Waals surface area contributed by atoms with Crippen LogP contribution >= 0.6 is 12.6 Å². The van der Waals surface area contributed by atoms with E-state index in [1.807, 2.05) is 0 Å². The Labute approximate surface area is 97.3 Å². The van der Waals surface area contributed by atoms with Crippen LogP contribution in [0.4, 0.5) is 0 Å². The van der Waals surface area contributed by atoms with Crippen LogP contribution in [0.3, 0.4) is 0 Å². The maximum absolute atomic E-state index is 10.8. The average Bonchev–Trinajstić information content (AvgIpc) is 2.64. The second-order valence-corrected chi connectivity index (χ2v) is 4.82. The Kier molecular flexibility index (Phi) is 2.75. The highest BCUT2D eigenvalue weighted by Gasteiger charge is 2.10. The number of nitrogens with zero attached hydrogens (tertiary/aromatic N) is 1. The van der Waals surface area contributed by atoms with Gasteiger partial charge in [0.05, 0.1) is 4.90 Å². The lowest BCUT2D eigenvalue weighted by Gasteiger charge is -1.98. The van der Waals surface area contributed by atoms with Crippen LogP contribution in [0, 0.1) is 0 Å². The summed E-state index contributed by atoms with van der Waals surface area (Å²) in [7, 11) is -4.16. The van der Waals surface area contributed by atoms with Gasteiger partial charge in [-0.3, -0.25) is 4.55 Å². The van der Waals surface area contributed by atoms with Gasteiger partial charge in [0, 0.05) is 5.56 Å². The third-order valence-corrected chi connectivity index (χ3v) is 3.01. The molecule has 1 aromatic carbocycles. The first kappa shape index (κ1) is 11.2. The summed E-state index contributed by atoms with van der Waals surface area (Å²) >= 11 is 3.91. The number of oxazole rings is 1. The lowest BCUT2D eigenvalue weighted by Crippen LogP contribution is -1.97. The van der Waals surface area contributed by atoms with Crippen molar-refractivity contribution in [2.45, 2.75) is 10.1 Å². The molecule has 0 bridgehead atoms.